The minimum atomic E-state index is -0.527. The lowest BCUT2D eigenvalue weighted by Gasteiger charge is -2.13. The van der Waals surface area contributed by atoms with Gasteiger partial charge in [0.1, 0.15) is 0 Å². The molecule has 0 unspecified atom stereocenters. The molecule has 28 heavy (non-hydrogen) atoms. The number of hydrogen-bond donors (Lipinski definition) is 1. The van der Waals surface area contributed by atoms with E-state index in [1.54, 1.807) is 6.07 Å². The van der Waals surface area contributed by atoms with E-state index >= 15 is 0 Å². The Hall–Kier alpha value is -2.59. The van der Waals surface area contributed by atoms with Crippen molar-refractivity contribution in [3.05, 3.63) is 69.9 Å². The molecule has 0 radical (unpaired) electrons. The molecule has 2 aromatic carbocycles. The first-order valence-electron chi connectivity index (χ1n) is 9.58. The zero-order valence-corrected chi connectivity index (χ0v) is 17.2. The van der Waals surface area contributed by atoms with Crippen LogP contribution in [0.3, 0.4) is 0 Å². The Morgan fingerprint density at radius 1 is 1.11 bits per heavy atom. The number of fused-ring (bicyclic) bond motifs is 1. The van der Waals surface area contributed by atoms with Gasteiger partial charge < -0.3 is 10.3 Å². The van der Waals surface area contributed by atoms with Crippen LogP contribution in [0.25, 0.3) is 10.9 Å². The lowest BCUT2D eigenvalue weighted by atomic mass is 9.94. The summed E-state index contributed by atoms with van der Waals surface area (Å²) in [6.07, 6.45) is 1.61. The monoisotopic (exact) mass is 396 g/mol. The quantitative estimate of drug-likeness (QED) is 0.555. The van der Waals surface area contributed by atoms with Crippen LogP contribution in [0.15, 0.2) is 42.5 Å². The standard InChI is InChI=1S/C23H25ClN2O2/c1-4-8-18-21(22(27)14(2)3)20-16(23(25)28)10-7-12-19(20)26(18)13-15-9-5-6-11-17(15)24/h5-7,9-12,14H,4,8,13H2,1-3H3,(H2,25,28). The first-order chi connectivity index (χ1) is 13.4. The molecular weight excluding hydrogens is 372 g/mol. The van der Waals surface area contributed by atoms with E-state index in [1.165, 1.54) is 0 Å². The predicted molar refractivity (Wildman–Crippen MR) is 114 cm³/mol. The first kappa shape index (κ1) is 20.2. The van der Waals surface area contributed by atoms with Crippen LogP contribution in [-0.4, -0.2) is 16.3 Å². The molecule has 1 heterocycles. The van der Waals surface area contributed by atoms with Crippen LogP contribution in [0, 0.1) is 5.92 Å². The second-order valence-electron chi connectivity index (χ2n) is 7.33. The van der Waals surface area contributed by atoms with E-state index in [-0.39, 0.29) is 11.7 Å². The number of carbonyl (C=O) groups excluding carboxylic acids is 2. The Balaban J connectivity index is 2.38. The summed E-state index contributed by atoms with van der Waals surface area (Å²) in [5.41, 5.74) is 9.40. The molecule has 0 aliphatic carbocycles. The average molecular weight is 397 g/mol. The van der Waals surface area contributed by atoms with Crippen LogP contribution in [-0.2, 0) is 13.0 Å². The highest BCUT2D eigenvalue weighted by atomic mass is 35.5. The fraction of sp³-hybridized carbons (Fsp3) is 0.304. The fourth-order valence-electron chi connectivity index (χ4n) is 3.69. The van der Waals surface area contributed by atoms with Crippen molar-refractivity contribution in [2.75, 3.05) is 0 Å². The summed E-state index contributed by atoms with van der Waals surface area (Å²) in [7, 11) is 0. The molecule has 0 aliphatic rings. The van der Waals surface area contributed by atoms with Gasteiger partial charge >= 0.3 is 0 Å². The maximum atomic E-state index is 13.2. The minimum absolute atomic E-state index is 0.0278. The molecule has 1 amide bonds. The van der Waals surface area contributed by atoms with Crippen molar-refractivity contribution in [3.63, 3.8) is 0 Å². The van der Waals surface area contributed by atoms with Gasteiger partial charge in [0.15, 0.2) is 5.78 Å². The topological polar surface area (TPSA) is 65.1 Å². The molecule has 0 saturated carbocycles. The van der Waals surface area contributed by atoms with Crippen molar-refractivity contribution in [2.45, 2.75) is 40.2 Å². The Labute approximate surface area is 170 Å². The number of Topliss-reactive ketones (excluding diaryl/α,β-unsaturated/α-hetero) is 1. The van der Waals surface area contributed by atoms with Crippen LogP contribution in [0.5, 0.6) is 0 Å². The third-order valence-corrected chi connectivity index (χ3v) is 5.38. The molecule has 3 aromatic rings. The summed E-state index contributed by atoms with van der Waals surface area (Å²) in [4.78, 5) is 25.3. The van der Waals surface area contributed by atoms with Gasteiger partial charge in [0.05, 0.1) is 5.52 Å². The van der Waals surface area contributed by atoms with Crippen molar-refractivity contribution in [3.8, 4) is 0 Å². The van der Waals surface area contributed by atoms with Gasteiger partial charge in [0, 0.05) is 39.7 Å². The van der Waals surface area contributed by atoms with Gasteiger partial charge in [0.2, 0.25) is 5.91 Å². The number of amides is 1. The van der Waals surface area contributed by atoms with Gasteiger partial charge in [-0.1, -0.05) is 63.1 Å². The van der Waals surface area contributed by atoms with Crippen LogP contribution < -0.4 is 5.73 Å². The van der Waals surface area contributed by atoms with E-state index in [1.807, 2.05) is 50.2 Å². The van der Waals surface area contributed by atoms with Gasteiger partial charge in [-0.3, -0.25) is 9.59 Å². The number of carbonyl (C=O) groups is 2. The van der Waals surface area contributed by atoms with Gasteiger partial charge in [-0.2, -0.15) is 0 Å². The minimum Gasteiger partial charge on any atom is -0.366 e. The highest BCUT2D eigenvalue weighted by Crippen LogP contribution is 2.33. The van der Waals surface area contributed by atoms with E-state index in [0.717, 1.165) is 29.6 Å². The summed E-state index contributed by atoms with van der Waals surface area (Å²) >= 11 is 6.40. The molecule has 0 aliphatic heterocycles. The normalized spacial score (nSPS) is 11.3. The first-order valence-corrected chi connectivity index (χ1v) is 9.96. The number of halogens is 1. The van der Waals surface area contributed by atoms with Gasteiger partial charge in [0.25, 0.3) is 0 Å². The van der Waals surface area contributed by atoms with Gasteiger partial charge in [-0.25, -0.2) is 0 Å². The van der Waals surface area contributed by atoms with Gasteiger partial charge in [-0.15, -0.1) is 0 Å². The SMILES string of the molecule is CCCc1c(C(=O)C(C)C)c2c(C(N)=O)cccc2n1Cc1ccccc1Cl. The molecule has 146 valence electrons. The number of nitrogens with zero attached hydrogens (tertiary/aromatic N) is 1. The number of rotatable bonds is 7. The molecule has 0 saturated heterocycles. The van der Waals surface area contributed by atoms with E-state index in [2.05, 4.69) is 11.5 Å². The molecule has 2 N–H and O–H groups in total. The molecule has 0 atom stereocenters. The number of hydrogen-bond acceptors (Lipinski definition) is 2. The zero-order valence-electron chi connectivity index (χ0n) is 16.5. The smallest absolute Gasteiger partial charge is 0.249 e. The van der Waals surface area contributed by atoms with Crippen molar-refractivity contribution in [1.29, 1.82) is 0 Å². The van der Waals surface area contributed by atoms with Crippen molar-refractivity contribution in [1.82, 2.24) is 4.57 Å². The summed E-state index contributed by atoms with van der Waals surface area (Å²) in [5.74, 6) is -0.683. The molecule has 0 bridgehead atoms. The van der Waals surface area contributed by atoms with Crippen LogP contribution in [0.2, 0.25) is 5.02 Å². The molecule has 5 heteroatoms. The third kappa shape index (κ3) is 3.57. The van der Waals surface area contributed by atoms with E-state index in [9.17, 15) is 9.59 Å². The van der Waals surface area contributed by atoms with E-state index in [4.69, 9.17) is 17.3 Å². The summed E-state index contributed by atoms with van der Waals surface area (Å²) in [5, 5.41) is 1.33. The average Bonchev–Trinajstić information content (AvgIpc) is 2.96. The zero-order chi connectivity index (χ0) is 20.4. The Morgan fingerprint density at radius 3 is 2.43 bits per heavy atom. The summed E-state index contributed by atoms with van der Waals surface area (Å²) < 4.78 is 2.11. The van der Waals surface area contributed by atoms with Crippen LogP contribution in [0.4, 0.5) is 0 Å². The fourth-order valence-corrected chi connectivity index (χ4v) is 3.88. The Morgan fingerprint density at radius 2 is 1.82 bits per heavy atom. The van der Waals surface area contributed by atoms with E-state index in [0.29, 0.717) is 28.1 Å². The Kier molecular flexibility index (Phi) is 5.90. The Bertz CT molecular complexity index is 1050. The second-order valence-corrected chi connectivity index (χ2v) is 7.74. The second kappa shape index (κ2) is 8.19. The summed E-state index contributed by atoms with van der Waals surface area (Å²) in [6, 6.07) is 13.1. The van der Waals surface area contributed by atoms with Crippen molar-refractivity contribution < 1.29 is 9.59 Å². The lowest BCUT2D eigenvalue weighted by Crippen LogP contribution is -2.15. The van der Waals surface area contributed by atoms with Crippen molar-refractivity contribution in [2.24, 2.45) is 11.7 Å². The largest absolute Gasteiger partial charge is 0.366 e. The maximum absolute atomic E-state index is 13.2. The number of benzene rings is 2. The summed E-state index contributed by atoms with van der Waals surface area (Å²) in [6.45, 7) is 6.36. The van der Waals surface area contributed by atoms with Crippen molar-refractivity contribution >= 4 is 34.2 Å². The molecule has 1 aromatic heterocycles. The number of primary amides is 1. The third-order valence-electron chi connectivity index (χ3n) is 5.01. The van der Waals surface area contributed by atoms with Crippen LogP contribution in [0.1, 0.15) is 59.2 Å². The molecule has 4 nitrogen and oxygen atoms in total. The molecule has 0 spiro atoms. The highest BCUT2D eigenvalue weighted by molar-refractivity contribution is 6.31. The maximum Gasteiger partial charge on any atom is 0.249 e. The predicted octanol–water partition coefficient (Wildman–Crippen LogP) is 5.23. The molecule has 3 rings (SSSR count). The van der Waals surface area contributed by atoms with E-state index < -0.39 is 5.91 Å². The highest BCUT2D eigenvalue weighted by Gasteiger charge is 2.27. The molecule has 0 fully saturated rings. The van der Waals surface area contributed by atoms with Gasteiger partial charge in [-0.05, 0) is 30.2 Å². The number of nitrogens with two attached hydrogens (primary N) is 1. The lowest BCUT2D eigenvalue weighted by molar-refractivity contribution is 0.0939. The number of ketones is 1. The molecular formula is C23H25ClN2O2. The van der Waals surface area contributed by atoms with Crippen LogP contribution >= 0.6 is 11.6 Å². The number of aromatic nitrogens is 1.